The summed E-state index contributed by atoms with van der Waals surface area (Å²) in [4.78, 5) is 12.4. The van der Waals surface area contributed by atoms with Crippen LogP contribution in [0.3, 0.4) is 0 Å². The normalized spacial score (nSPS) is 10.6. The van der Waals surface area contributed by atoms with Crippen LogP contribution in [0.15, 0.2) is 54.7 Å². The largest absolute Gasteiger partial charge is 0.497 e. The van der Waals surface area contributed by atoms with Gasteiger partial charge in [-0.1, -0.05) is 47.5 Å². The highest BCUT2D eigenvalue weighted by atomic mass is 35.5. The van der Waals surface area contributed by atoms with Crippen molar-refractivity contribution < 1.29 is 9.53 Å². The lowest BCUT2D eigenvalue weighted by molar-refractivity contribution is -0.115. The molecule has 0 saturated heterocycles. The molecule has 1 heterocycles. The minimum atomic E-state index is -0.141. The summed E-state index contributed by atoms with van der Waals surface area (Å²) in [5.41, 5.74) is 1.69. The van der Waals surface area contributed by atoms with Crippen molar-refractivity contribution in [3.05, 3.63) is 75.9 Å². The van der Waals surface area contributed by atoms with Gasteiger partial charge in [-0.25, -0.2) is 4.68 Å². The molecule has 2 aromatic carbocycles. The second kappa shape index (κ2) is 8.25. The van der Waals surface area contributed by atoms with Crippen LogP contribution in [0.25, 0.3) is 0 Å². The smallest absolute Gasteiger partial charge is 0.229 e. The van der Waals surface area contributed by atoms with Crippen molar-refractivity contribution in [3.63, 3.8) is 0 Å². The van der Waals surface area contributed by atoms with Crippen LogP contribution in [0.1, 0.15) is 11.1 Å². The van der Waals surface area contributed by atoms with E-state index >= 15 is 0 Å². The Labute approximate surface area is 161 Å². The van der Waals surface area contributed by atoms with Crippen molar-refractivity contribution in [1.29, 1.82) is 0 Å². The number of carbonyl (C=O) groups excluding carboxylic acids is 1. The monoisotopic (exact) mass is 389 g/mol. The number of nitrogens with zero attached hydrogens (tertiary/aromatic N) is 2. The van der Waals surface area contributed by atoms with Gasteiger partial charge < -0.3 is 10.1 Å². The van der Waals surface area contributed by atoms with E-state index in [0.717, 1.165) is 16.9 Å². The van der Waals surface area contributed by atoms with Gasteiger partial charge in [-0.05, 0) is 29.3 Å². The molecular weight excluding hydrogens is 373 g/mol. The van der Waals surface area contributed by atoms with E-state index in [4.69, 9.17) is 27.9 Å². The van der Waals surface area contributed by atoms with Crippen molar-refractivity contribution in [2.45, 2.75) is 13.0 Å². The molecule has 26 heavy (non-hydrogen) atoms. The van der Waals surface area contributed by atoms with E-state index in [1.807, 2.05) is 36.4 Å². The molecule has 0 radical (unpaired) electrons. The number of carbonyl (C=O) groups is 1. The molecule has 1 amide bonds. The molecule has 1 aromatic heterocycles. The molecule has 0 aliphatic rings. The van der Waals surface area contributed by atoms with Crippen LogP contribution in [-0.2, 0) is 17.8 Å². The number of amides is 1. The minimum Gasteiger partial charge on any atom is -0.497 e. The molecule has 134 valence electrons. The lowest BCUT2D eigenvalue weighted by Crippen LogP contribution is -2.18. The second-order valence-corrected chi connectivity index (χ2v) is 6.45. The molecule has 0 aliphatic heterocycles. The summed E-state index contributed by atoms with van der Waals surface area (Å²) in [6.45, 7) is 0.404. The number of hydrogen-bond acceptors (Lipinski definition) is 3. The van der Waals surface area contributed by atoms with Crippen LogP contribution >= 0.6 is 23.2 Å². The highest BCUT2D eigenvalue weighted by Crippen LogP contribution is 2.26. The first-order valence-electron chi connectivity index (χ1n) is 7.94. The Bertz CT molecular complexity index is 925. The maximum Gasteiger partial charge on any atom is 0.229 e. The molecule has 1 N–H and O–H groups in total. The number of anilines is 1. The highest BCUT2D eigenvalue weighted by Gasteiger charge is 2.11. The number of rotatable bonds is 6. The lowest BCUT2D eigenvalue weighted by Gasteiger charge is -2.11. The van der Waals surface area contributed by atoms with E-state index in [1.165, 1.54) is 0 Å². The fraction of sp³-hybridized carbons (Fsp3) is 0.158. The third-order valence-corrected chi connectivity index (χ3v) is 4.69. The zero-order valence-electron chi connectivity index (χ0n) is 14.1. The molecule has 0 atom stereocenters. The first-order valence-corrected chi connectivity index (χ1v) is 8.70. The van der Waals surface area contributed by atoms with Gasteiger partial charge in [0.1, 0.15) is 11.6 Å². The van der Waals surface area contributed by atoms with Gasteiger partial charge in [-0.2, -0.15) is 5.10 Å². The summed E-state index contributed by atoms with van der Waals surface area (Å²) in [5, 5.41) is 8.10. The summed E-state index contributed by atoms with van der Waals surface area (Å²) < 4.78 is 6.85. The Morgan fingerprint density at radius 2 is 2.00 bits per heavy atom. The molecule has 3 rings (SSSR count). The average Bonchev–Trinajstić information content (AvgIpc) is 3.05. The Hall–Kier alpha value is -2.50. The Morgan fingerprint density at radius 1 is 1.19 bits per heavy atom. The molecule has 0 fully saturated rings. The standard InChI is InChI=1S/C19H17Cl2N3O2/c1-26-15-6-2-4-13(10-15)11-18(25)23-17-8-9-22-24(17)12-14-5-3-7-16(20)19(14)21/h2-10H,11-12H2,1H3,(H,23,25). The minimum absolute atomic E-state index is 0.141. The van der Waals surface area contributed by atoms with Gasteiger partial charge in [0.2, 0.25) is 5.91 Å². The van der Waals surface area contributed by atoms with Crippen molar-refractivity contribution in [2.24, 2.45) is 0 Å². The number of ether oxygens (including phenoxy) is 1. The van der Waals surface area contributed by atoms with Crippen molar-refractivity contribution >= 4 is 34.9 Å². The van der Waals surface area contributed by atoms with Gasteiger partial charge in [-0.3, -0.25) is 4.79 Å². The van der Waals surface area contributed by atoms with Crippen LogP contribution in [0.4, 0.5) is 5.82 Å². The number of hydrogen-bond donors (Lipinski definition) is 1. The molecule has 0 saturated carbocycles. The van der Waals surface area contributed by atoms with Crippen LogP contribution in [-0.4, -0.2) is 22.8 Å². The first kappa shape index (κ1) is 18.3. The summed E-state index contributed by atoms with van der Waals surface area (Å²) in [5.74, 6) is 1.17. The number of aromatic nitrogens is 2. The summed E-state index contributed by atoms with van der Waals surface area (Å²) in [6.07, 6.45) is 1.86. The summed E-state index contributed by atoms with van der Waals surface area (Å²) >= 11 is 12.3. The predicted molar refractivity (Wildman–Crippen MR) is 103 cm³/mol. The third-order valence-electron chi connectivity index (χ3n) is 3.83. The topological polar surface area (TPSA) is 56.1 Å². The van der Waals surface area contributed by atoms with E-state index in [-0.39, 0.29) is 12.3 Å². The zero-order valence-corrected chi connectivity index (χ0v) is 15.6. The van der Waals surface area contributed by atoms with Gasteiger partial charge in [0.05, 0.1) is 36.3 Å². The van der Waals surface area contributed by atoms with E-state index in [1.54, 1.807) is 30.1 Å². The highest BCUT2D eigenvalue weighted by molar-refractivity contribution is 6.42. The third kappa shape index (κ3) is 4.36. The van der Waals surface area contributed by atoms with Gasteiger partial charge in [0.25, 0.3) is 0 Å². The van der Waals surface area contributed by atoms with Gasteiger partial charge >= 0.3 is 0 Å². The fourth-order valence-electron chi connectivity index (χ4n) is 2.55. The summed E-state index contributed by atoms with van der Waals surface area (Å²) in [7, 11) is 1.60. The molecular formula is C19H17Cl2N3O2. The molecule has 0 unspecified atom stereocenters. The number of nitrogens with one attached hydrogen (secondary N) is 1. The molecule has 3 aromatic rings. The SMILES string of the molecule is COc1cccc(CC(=O)Nc2ccnn2Cc2cccc(Cl)c2Cl)c1. The Balaban J connectivity index is 1.70. The van der Waals surface area contributed by atoms with Crippen LogP contribution < -0.4 is 10.1 Å². The van der Waals surface area contributed by atoms with Gasteiger partial charge in [0, 0.05) is 6.07 Å². The van der Waals surface area contributed by atoms with Crippen molar-refractivity contribution in [2.75, 3.05) is 12.4 Å². The number of halogens is 2. The zero-order chi connectivity index (χ0) is 18.5. The number of methoxy groups -OCH3 is 1. The molecule has 5 nitrogen and oxygen atoms in total. The Kier molecular flexibility index (Phi) is 5.81. The molecule has 0 aliphatic carbocycles. The van der Waals surface area contributed by atoms with E-state index in [9.17, 15) is 4.79 Å². The maximum absolute atomic E-state index is 12.4. The summed E-state index contributed by atoms with van der Waals surface area (Å²) in [6, 6.07) is 14.6. The fourth-order valence-corrected chi connectivity index (χ4v) is 2.93. The van der Waals surface area contributed by atoms with Crippen molar-refractivity contribution in [1.82, 2.24) is 9.78 Å². The first-order chi connectivity index (χ1) is 12.6. The Morgan fingerprint density at radius 3 is 2.81 bits per heavy atom. The van der Waals surface area contributed by atoms with Crippen LogP contribution in [0.2, 0.25) is 10.0 Å². The molecule has 0 bridgehead atoms. The van der Waals surface area contributed by atoms with Gasteiger partial charge in [0.15, 0.2) is 0 Å². The lowest BCUT2D eigenvalue weighted by atomic mass is 10.1. The van der Waals surface area contributed by atoms with Gasteiger partial charge in [-0.15, -0.1) is 0 Å². The molecule has 7 heteroatoms. The van der Waals surface area contributed by atoms with Crippen LogP contribution in [0, 0.1) is 0 Å². The average molecular weight is 390 g/mol. The second-order valence-electron chi connectivity index (χ2n) is 5.66. The van der Waals surface area contributed by atoms with Crippen molar-refractivity contribution in [3.8, 4) is 5.75 Å². The van der Waals surface area contributed by atoms with E-state index in [2.05, 4.69) is 10.4 Å². The van der Waals surface area contributed by atoms with E-state index < -0.39 is 0 Å². The quantitative estimate of drug-likeness (QED) is 0.678. The van der Waals surface area contributed by atoms with E-state index in [0.29, 0.717) is 22.4 Å². The molecule has 0 spiro atoms. The number of benzene rings is 2. The maximum atomic E-state index is 12.4. The predicted octanol–water partition coefficient (Wildman–Crippen LogP) is 4.43. The van der Waals surface area contributed by atoms with Crippen LogP contribution in [0.5, 0.6) is 5.75 Å².